The third-order valence-corrected chi connectivity index (χ3v) is 3.10. The van der Waals surface area contributed by atoms with Crippen molar-refractivity contribution in [1.29, 1.82) is 0 Å². The molecular formula is C13H20O2. The van der Waals surface area contributed by atoms with Crippen molar-refractivity contribution < 1.29 is 9.84 Å². The van der Waals surface area contributed by atoms with Crippen LogP contribution in [0.4, 0.5) is 0 Å². The summed E-state index contributed by atoms with van der Waals surface area (Å²) < 4.78 is 5.14. The van der Waals surface area contributed by atoms with Gasteiger partial charge in [0.25, 0.3) is 0 Å². The van der Waals surface area contributed by atoms with Gasteiger partial charge >= 0.3 is 0 Å². The van der Waals surface area contributed by atoms with Crippen molar-refractivity contribution in [3.05, 3.63) is 29.3 Å². The first kappa shape index (κ1) is 12.1. The summed E-state index contributed by atoms with van der Waals surface area (Å²) in [5, 5.41) is 10.4. The van der Waals surface area contributed by atoms with E-state index in [1.165, 1.54) is 0 Å². The molecule has 1 atom stereocenters. The Morgan fingerprint density at radius 3 is 2.33 bits per heavy atom. The number of hydrogen-bond acceptors (Lipinski definition) is 2. The zero-order valence-electron chi connectivity index (χ0n) is 10.2. The first-order valence-electron chi connectivity index (χ1n) is 5.27. The molecule has 0 unspecified atom stereocenters. The van der Waals surface area contributed by atoms with Gasteiger partial charge in [0.2, 0.25) is 0 Å². The van der Waals surface area contributed by atoms with Gasteiger partial charge in [0.05, 0.1) is 12.7 Å². The van der Waals surface area contributed by atoms with E-state index in [0.717, 1.165) is 16.9 Å². The fourth-order valence-corrected chi connectivity index (χ4v) is 1.64. The lowest BCUT2D eigenvalue weighted by Crippen LogP contribution is -2.28. The second-order valence-corrected chi connectivity index (χ2v) is 4.48. The molecule has 0 aliphatic carbocycles. The highest BCUT2D eigenvalue weighted by atomic mass is 16.5. The molecule has 2 heteroatoms. The number of hydrogen-bond donors (Lipinski definition) is 1. The quantitative estimate of drug-likeness (QED) is 0.827. The maximum absolute atomic E-state index is 10.4. The van der Waals surface area contributed by atoms with Crippen molar-refractivity contribution in [1.82, 2.24) is 0 Å². The van der Waals surface area contributed by atoms with Gasteiger partial charge in [-0.3, -0.25) is 0 Å². The van der Waals surface area contributed by atoms with Crippen LogP contribution in [0.5, 0.6) is 5.75 Å². The van der Waals surface area contributed by atoms with Crippen LogP contribution in [0.3, 0.4) is 0 Å². The Bertz CT molecular complexity index is 340. The molecule has 15 heavy (non-hydrogen) atoms. The third kappa shape index (κ3) is 2.32. The van der Waals surface area contributed by atoms with Gasteiger partial charge in [-0.25, -0.2) is 0 Å². The molecule has 1 N–H and O–H groups in total. The molecule has 0 spiro atoms. The van der Waals surface area contributed by atoms with E-state index in [4.69, 9.17) is 4.74 Å². The van der Waals surface area contributed by atoms with Gasteiger partial charge in [-0.1, -0.05) is 19.9 Å². The Morgan fingerprint density at radius 1 is 1.33 bits per heavy atom. The second kappa shape index (κ2) is 4.23. The van der Waals surface area contributed by atoms with E-state index in [-0.39, 0.29) is 5.92 Å². The zero-order valence-corrected chi connectivity index (χ0v) is 10.2. The highest BCUT2D eigenvalue weighted by molar-refractivity contribution is 5.38. The van der Waals surface area contributed by atoms with Crippen LogP contribution in [0.25, 0.3) is 0 Å². The molecule has 1 aromatic carbocycles. The molecule has 0 amide bonds. The normalized spacial score (nSPS) is 15.1. The topological polar surface area (TPSA) is 29.5 Å². The summed E-state index contributed by atoms with van der Waals surface area (Å²) in [6.07, 6.45) is 0. The summed E-state index contributed by atoms with van der Waals surface area (Å²) in [6.45, 7) is 7.88. The SMILES string of the molecule is COc1ccc([C@@](C)(O)C(C)C)c(C)c1. The number of methoxy groups -OCH3 is 1. The lowest BCUT2D eigenvalue weighted by atomic mass is 9.83. The van der Waals surface area contributed by atoms with Crippen molar-refractivity contribution in [2.24, 2.45) is 5.92 Å². The highest BCUT2D eigenvalue weighted by Crippen LogP contribution is 2.32. The van der Waals surface area contributed by atoms with Gasteiger partial charge in [-0.2, -0.15) is 0 Å². The maximum Gasteiger partial charge on any atom is 0.119 e. The highest BCUT2D eigenvalue weighted by Gasteiger charge is 2.28. The zero-order chi connectivity index (χ0) is 11.6. The first-order valence-corrected chi connectivity index (χ1v) is 5.27. The lowest BCUT2D eigenvalue weighted by Gasteiger charge is -2.30. The second-order valence-electron chi connectivity index (χ2n) is 4.48. The van der Waals surface area contributed by atoms with Crippen LogP contribution in [0.15, 0.2) is 18.2 Å². The summed E-state index contributed by atoms with van der Waals surface area (Å²) in [6, 6.07) is 5.78. The Kier molecular flexibility index (Phi) is 3.40. The minimum atomic E-state index is -0.781. The first-order chi connectivity index (χ1) is 6.89. The van der Waals surface area contributed by atoms with Crippen LogP contribution in [0.2, 0.25) is 0 Å². The van der Waals surface area contributed by atoms with Crippen molar-refractivity contribution in [2.45, 2.75) is 33.3 Å². The van der Waals surface area contributed by atoms with Crippen LogP contribution < -0.4 is 4.74 Å². The largest absolute Gasteiger partial charge is 0.497 e. The smallest absolute Gasteiger partial charge is 0.119 e. The van der Waals surface area contributed by atoms with Gasteiger partial charge in [-0.15, -0.1) is 0 Å². The fraction of sp³-hybridized carbons (Fsp3) is 0.538. The molecule has 0 fully saturated rings. The van der Waals surface area contributed by atoms with Crippen LogP contribution in [-0.2, 0) is 5.60 Å². The number of benzene rings is 1. The molecule has 0 aliphatic heterocycles. The summed E-state index contributed by atoms with van der Waals surface area (Å²) >= 11 is 0. The van der Waals surface area contributed by atoms with Crippen LogP contribution in [0, 0.1) is 12.8 Å². The van der Waals surface area contributed by atoms with E-state index in [1.807, 2.05) is 45.9 Å². The summed E-state index contributed by atoms with van der Waals surface area (Å²) in [5.74, 6) is 1.01. The van der Waals surface area contributed by atoms with Crippen LogP contribution in [0.1, 0.15) is 31.9 Å². The van der Waals surface area contributed by atoms with Gasteiger partial charge < -0.3 is 9.84 Å². The van der Waals surface area contributed by atoms with Gasteiger partial charge in [0.1, 0.15) is 5.75 Å². The van der Waals surface area contributed by atoms with Crippen LogP contribution >= 0.6 is 0 Å². The summed E-state index contributed by atoms with van der Waals surface area (Å²) in [7, 11) is 1.65. The number of aliphatic hydroxyl groups is 1. The van der Waals surface area contributed by atoms with Crippen molar-refractivity contribution in [3.8, 4) is 5.75 Å². The van der Waals surface area contributed by atoms with Crippen molar-refractivity contribution in [3.63, 3.8) is 0 Å². The van der Waals surface area contributed by atoms with E-state index < -0.39 is 5.60 Å². The molecule has 2 nitrogen and oxygen atoms in total. The average molecular weight is 208 g/mol. The standard InChI is InChI=1S/C13H20O2/c1-9(2)13(4,14)12-7-6-11(15-5)8-10(12)3/h6-9,14H,1-5H3/t13-/m0/s1. The number of aryl methyl sites for hydroxylation is 1. The van der Waals surface area contributed by atoms with E-state index >= 15 is 0 Å². The molecule has 0 saturated heterocycles. The van der Waals surface area contributed by atoms with Gasteiger partial charge in [0, 0.05) is 0 Å². The van der Waals surface area contributed by atoms with Gasteiger partial charge in [-0.05, 0) is 43.0 Å². The van der Waals surface area contributed by atoms with Crippen molar-refractivity contribution >= 4 is 0 Å². The Morgan fingerprint density at radius 2 is 1.93 bits per heavy atom. The van der Waals surface area contributed by atoms with E-state index in [1.54, 1.807) is 7.11 Å². The Balaban J connectivity index is 3.16. The predicted octanol–water partition coefficient (Wildman–Crippen LogP) is 2.87. The number of rotatable bonds is 3. The minimum absolute atomic E-state index is 0.185. The molecule has 84 valence electrons. The molecule has 1 aromatic rings. The molecule has 0 saturated carbocycles. The van der Waals surface area contributed by atoms with Crippen molar-refractivity contribution in [2.75, 3.05) is 7.11 Å². The molecule has 0 radical (unpaired) electrons. The summed E-state index contributed by atoms with van der Waals surface area (Å²) in [5.41, 5.74) is 1.25. The van der Waals surface area contributed by atoms with E-state index in [0.29, 0.717) is 0 Å². The molecule has 0 bridgehead atoms. The third-order valence-electron chi connectivity index (χ3n) is 3.10. The maximum atomic E-state index is 10.4. The van der Waals surface area contributed by atoms with Crippen LogP contribution in [-0.4, -0.2) is 12.2 Å². The predicted molar refractivity (Wildman–Crippen MR) is 62.1 cm³/mol. The Hall–Kier alpha value is -1.02. The molecular weight excluding hydrogens is 188 g/mol. The van der Waals surface area contributed by atoms with Gasteiger partial charge in [0.15, 0.2) is 0 Å². The molecule has 1 rings (SSSR count). The molecule has 0 aliphatic rings. The number of ether oxygens (including phenoxy) is 1. The average Bonchev–Trinajstić information content (AvgIpc) is 2.16. The Labute approximate surface area is 91.9 Å². The molecule has 0 heterocycles. The fourth-order valence-electron chi connectivity index (χ4n) is 1.64. The monoisotopic (exact) mass is 208 g/mol. The van der Waals surface area contributed by atoms with E-state index in [2.05, 4.69) is 0 Å². The molecule has 0 aromatic heterocycles. The van der Waals surface area contributed by atoms with E-state index in [9.17, 15) is 5.11 Å². The summed E-state index contributed by atoms with van der Waals surface area (Å²) in [4.78, 5) is 0. The minimum Gasteiger partial charge on any atom is -0.497 e. The lowest BCUT2D eigenvalue weighted by molar-refractivity contribution is 0.00844.